The van der Waals surface area contributed by atoms with Gasteiger partial charge < -0.3 is 5.32 Å². The van der Waals surface area contributed by atoms with Gasteiger partial charge in [0.25, 0.3) is 0 Å². The molecule has 1 aliphatic heterocycles. The van der Waals surface area contributed by atoms with E-state index < -0.39 is 10.0 Å². The van der Waals surface area contributed by atoms with Gasteiger partial charge in [0.05, 0.1) is 5.02 Å². The molecule has 0 spiro atoms. The third-order valence-electron chi connectivity index (χ3n) is 3.49. The van der Waals surface area contributed by atoms with Crippen molar-refractivity contribution in [2.24, 2.45) is 5.92 Å². The van der Waals surface area contributed by atoms with Crippen LogP contribution in [0, 0.1) is 5.92 Å². The molecule has 1 unspecified atom stereocenters. The average Bonchev–Trinajstić information content (AvgIpc) is 2.39. The van der Waals surface area contributed by atoms with E-state index in [1.807, 2.05) is 7.05 Å². The quantitative estimate of drug-likeness (QED) is 0.872. The largest absolute Gasteiger partial charge is 0.319 e. The fraction of sp³-hybridized carbons (Fsp3) is 0.538. The zero-order valence-electron chi connectivity index (χ0n) is 11.3. The van der Waals surface area contributed by atoms with Gasteiger partial charge in [0.15, 0.2) is 0 Å². The first-order valence-corrected chi connectivity index (χ1v) is 9.16. The normalized spacial score (nSPS) is 21.1. The van der Waals surface area contributed by atoms with Crippen molar-refractivity contribution in [3.8, 4) is 0 Å². The molecule has 1 saturated heterocycles. The highest BCUT2D eigenvalue weighted by Gasteiger charge is 2.32. The van der Waals surface area contributed by atoms with E-state index in [4.69, 9.17) is 11.6 Å². The Morgan fingerprint density at radius 3 is 2.90 bits per heavy atom. The highest BCUT2D eigenvalue weighted by Crippen LogP contribution is 2.33. The number of nitrogens with one attached hydrogen (secondary N) is 1. The van der Waals surface area contributed by atoms with Crippen LogP contribution in [0.5, 0.6) is 0 Å². The van der Waals surface area contributed by atoms with Crippen molar-refractivity contribution in [3.05, 3.63) is 27.7 Å². The van der Waals surface area contributed by atoms with Crippen LogP contribution >= 0.6 is 27.5 Å². The SMILES string of the molecule is CNCC1CCCN(S(=O)(=O)c2c(Cl)cccc2Br)C1. The van der Waals surface area contributed by atoms with Crippen LogP contribution in [-0.2, 0) is 10.0 Å². The fourth-order valence-electron chi connectivity index (χ4n) is 2.56. The first kappa shape index (κ1) is 16.2. The van der Waals surface area contributed by atoms with Gasteiger partial charge in [-0.25, -0.2) is 8.42 Å². The number of halogens is 2. The summed E-state index contributed by atoms with van der Waals surface area (Å²) >= 11 is 9.38. The number of hydrogen-bond donors (Lipinski definition) is 1. The Balaban J connectivity index is 2.30. The maximum absolute atomic E-state index is 12.8. The predicted molar refractivity (Wildman–Crippen MR) is 84.6 cm³/mol. The van der Waals surface area contributed by atoms with Crippen LogP contribution in [0.1, 0.15) is 12.8 Å². The summed E-state index contributed by atoms with van der Waals surface area (Å²) in [5, 5.41) is 3.37. The summed E-state index contributed by atoms with van der Waals surface area (Å²) in [5.41, 5.74) is 0. The molecular formula is C13H18BrClN2O2S. The fourth-order valence-corrected chi connectivity index (χ4v) is 5.78. The molecule has 1 atom stereocenters. The van der Waals surface area contributed by atoms with Gasteiger partial charge in [-0.05, 0) is 60.4 Å². The van der Waals surface area contributed by atoms with Crippen molar-refractivity contribution in [1.82, 2.24) is 9.62 Å². The number of rotatable bonds is 4. The second-order valence-electron chi connectivity index (χ2n) is 4.98. The van der Waals surface area contributed by atoms with Gasteiger partial charge >= 0.3 is 0 Å². The summed E-state index contributed by atoms with van der Waals surface area (Å²) in [6.07, 6.45) is 1.93. The zero-order valence-corrected chi connectivity index (χ0v) is 14.4. The topological polar surface area (TPSA) is 49.4 Å². The summed E-state index contributed by atoms with van der Waals surface area (Å²) in [6.45, 7) is 1.93. The van der Waals surface area contributed by atoms with E-state index in [2.05, 4.69) is 21.2 Å². The smallest absolute Gasteiger partial charge is 0.245 e. The van der Waals surface area contributed by atoms with Gasteiger partial charge in [0, 0.05) is 17.6 Å². The van der Waals surface area contributed by atoms with Crippen molar-refractivity contribution in [3.63, 3.8) is 0 Å². The van der Waals surface area contributed by atoms with Crippen LogP contribution in [0.25, 0.3) is 0 Å². The van der Waals surface area contributed by atoms with Gasteiger partial charge in [-0.15, -0.1) is 0 Å². The van der Waals surface area contributed by atoms with E-state index >= 15 is 0 Å². The Morgan fingerprint density at radius 1 is 1.50 bits per heavy atom. The lowest BCUT2D eigenvalue weighted by Gasteiger charge is -2.32. The summed E-state index contributed by atoms with van der Waals surface area (Å²) in [4.78, 5) is 0.173. The molecule has 1 aromatic carbocycles. The summed E-state index contributed by atoms with van der Waals surface area (Å²) in [6, 6.07) is 5.04. The van der Waals surface area contributed by atoms with Crippen molar-refractivity contribution < 1.29 is 8.42 Å². The minimum atomic E-state index is -3.55. The summed E-state index contributed by atoms with van der Waals surface area (Å²) in [7, 11) is -1.66. The number of piperidine rings is 1. The molecule has 1 aliphatic rings. The second kappa shape index (κ2) is 6.75. The first-order chi connectivity index (χ1) is 9.46. The summed E-state index contributed by atoms with van der Waals surface area (Å²) < 4.78 is 27.6. The predicted octanol–water partition coefficient (Wildman–Crippen LogP) is 2.72. The molecule has 0 radical (unpaired) electrons. The Hall–Kier alpha value is -0.140. The Morgan fingerprint density at radius 2 is 2.25 bits per heavy atom. The number of benzene rings is 1. The van der Waals surface area contributed by atoms with Gasteiger partial charge in [-0.3, -0.25) is 0 Å². The highest BCUT2D eigenvalue weighted by molar-refractivity contribution is 9.10. The first-order valence-electron chi connectivity index (χ1n) is 6.55. The second-order valence-corrected chi connectivity index (χ2v) is 8.12. The third kappa shape index (κ3) is 3.36. The number of sulfonamides is 1. The molecule has 0 aliphatic carbocycles. The Kier molecular flexibility index (Phi) is 5.48. The minimum absolute atomic E-state index is 0.173. The Labute approximate surface area is 133 Å². The van der Waals surface area contributed by atoms with E-state index in [0.29, 0.717) is 23.5 Å². The molecule has 0 amide bonds. The Bertz CT molecular complexity index is 557. The lowest BCUT2D eigenvalue weighted by Crippen LogP contribution is -2.42. The van der Waals surface area contributed by atoms with Crippen LogP contribution in [0.3, 0.4) is 0 Å². The molecule has 0 aromatic heterocycles. The molecule has 112 valence electrons. The van der Waals surface area contributed by atoms with Gasteiger partial charge in [-0.1, -0.05) is 17.7 Å². The maximum atomic E-state index is 12.8. The van der Waals surface area contributed by atoms with Crippen molar-refractivity contribution in [2.45, 2.75) is 17.7 Å². The van der Waals surface area contributed by atoms with Crippen molar-refractivity contribution in [2.75, 3.05) is 26.7 Å². The molecule has 2 rings (SSSR count). The molecule has 1 heterocycles. The molecule has 20 heavy (non-hydrogen) atoms. The average molecular weight is 382 g/mol. The van der Waals surface area contributed by atoms with E-state index in [-0.39, 0.29) is 9.92 Å². The summed E-state index contributed by atoms with van der Waals surface area (Å²) in [5.74, 6) is 0.352. The van der Waals surface area contributed by atoms with Crippen LogP contribution in [0.2, 0.25) is 5.02 Å². The molecule has 1 fully saturated rings. The lowest BCUT2D eigenvalue weighted by atomic mass is 10.00. The maximum Gasteiger partial charge on any atom is 0.245 e. The molecular weight excluding hydrogens is 364 g/mol. The number of nitrogens with zero attached hydrogens (tertiary/aromatic N) is 1. The molecule has 0 saturated carbocycles. The number of hydrogen-bond acceptors (Lipinski definition) is 3. The van der Waals surface area contributed by atoms with Crippen LogP contribution in [-0.4, -0.2) is 39.4 Å². The van der Waals surface area contributed by atoms with E-state index in [0.717, 1.165) is 19.4 Å². The third-order valence-corrected chi connectivity index (χ3v) is 6.81. The molecule has 1 N–H and O–H groups in total. The minimum Gasteiger partial charge on any atom is -0.319 e. The van der Waals surface area contributed by atoms with Gasteiger partial charge in [0.1, 0.15) is 4.90 Å². The van der Waals surface area contributed by atoms with E-state index in [1.54, 1.807) is 22.5 Å². The van der Waals surface area contributed by atoms with Crippen LogP contribution in [0.15, 0.2) is 27.6 Å². The lowest BCUT2D eigenvalue weighted by molar-refractivity contribution is 0.263. The van der Waals surface area contributed by atoms with Gasteiger partial charge in [-0.2, -0.15) is 4.31 Å². The van der Waals surface area contributed by atoms with E-state index in [9.17, 15) is 8.42 Å². The molecule has 4 nitrogen and oxygen atoms in total. The van der Waals surface area contributed by atoms with Gasteiger partial charge in [0.2, 0.25) is 10.0 Å². The molecule has 7 heteroatoms. The monoisotopic (exact) mass is 380 g/mol. The highest BCUT2D eigenvalue weighted by atomic mass is 79.9. The standard InChI is InChI=1S/C13H18BrClN2O2S/c1-16-8-10-4-3-7-17(9-10)20(18,19)13-11(14)5-2-6-12(13)15/h2,5-6,10,16H,3-4,7-9H2,1H3. The van der Waals surface area contributed by atoms with Crippen LogP contribution < -0.4 is 5.32 Å². The molecule has 1 aromatic rings. The van der Waals surface area contributed by atoms with Crippen molar-refractivity contribution >= 4 is 37.6 Å². The zero-order chi connectivity index (χ0) is 14.8. The van der Waals surface area contributed by atoms with E-state index in [1.165, 1.54) is 0 Å². The molecule has 0 bridgehead atoms. The van der Waals surface area contributed by atoms with Crippen molar-refractivity contribution in [1.29, 1.82) is 0 Å². The van der Waals surface area contributed by atoms with Crippen LogP contribution in [0.4, 0.5) is 0 Å².